The van der Waals surface area contributed by atoms with Gasteiger partial charge in [-0.3, -0.25) is 4.98 Å². The van der Waals surface area contributed by atoms with Gasteiger partial charge in [-0.25, -0.2) is 4.98 Å². The lowest BCUT2D eigenvalue weighted by Gasteiger charge is -2.16. The number of methoxy groups -OCH3 is 1. The van der Waals surface area contributed by atoms with Crippen LogP contribution in [-0.4, -0.2) is 17.1 Å². The molecule has 5 heteroatoms. The van der Waals surface area contributed by atoms with Crippen LogP contribution in [0.2, 0.25) is 0 Å². The molecule has 2 aromatic heterocycles. The maximum atomic E-state index is 5.37. The lowest BCUT2D eigenvalue weighted by Crippen LogP contribution is -2.09. The summed E-state index contributed by atoms with van der Waals surface area (Å²) in [7, 11) is 4.51. The predicted molar refractivity (Wildman–Crippen MR) is 111 cm³/mol. The van der Waals surface area contributed by atoms with Crippen molar-refractivity contribution in [1.29, 1.82) is 0 Å². The average molecular weight is 359 g/mol. The monoisotopic (exact) mass is 359 g/mol. The third-order valence-electron chi connectivity index (χ3n) is 4.22. The molecule has 0 saturated heterocycles. The van der Waals surface area contributed by atoms with E-state index in [0.717, 1.165) is 44.6 Å². The van der Waals surface area contributed by atoms with Gasteiger partial charge in [0.25, 0.3) is 0 Å². The fourth-order valence-electron chi connectivity index (χ4n) is 2.93. The molecule has 128 valence electrons. The van der Waals surface area contributed by atoms with Crippen molar-refractivity contribution in [1.82, 2.24) is 9.97 Å². The van der Waals surface area contributed by atoms with E-state index in [0.29, 0.717) is 0 Å². The second-order valence-electron chi connectivity index (χ2n) is 5.86. The van der Waals surface area contributed by atoms with E-state index in [4.69, 9.17) is 9.72 Å². The van der Waals surface area contributed by atoms with Gasteiger partial charge >= 0.3 is 0 Å². The lowest BCUT2D eigenvalue weighted by molar-refractivity contribution is 0.415. The van der Waals surface area contributed by atoms with Crippen LogP contribution >= 0.6 is 9.24 Å². The van der Waals surface area contributed by atoms with E-state index in [-0.39, 0.29) is 0 Å². The number of fused-ring (bicyclic) bond motifs is 1. The van der Waals surface area contributed by atoms with Crippen LogP contribution in [0, 0.1) is 0 Å². The largest absolute Gasteiger partial charge is 0.497 e. The van der Waals surface area contributed by atoms with Gasteiger partial charge in [0.1, 0.15) is 5.75 Å². The van der Waals surface area contributed by atoms with E-state index in [1.807, 2.05) is 54.6 Å². The molecule has 2 heterocycles. The minimum atomic E-state index is 0.811. The number of rotatable bonds is 4. The summed E-state index contributed by atoms with van der Waals surface area (Å²) in [5.74, 6) is 0.811. The highest BCUT2D eigenvalue weighted by atomic mass is 31.0. The zero-order valence-corrected chi connectivity index (χ0v) is 15.5. The number of nitrogens with one attached hydrogen (secondary N) is 1. The van der Waals surface area contributed by atoms with E-state index in [1.54, 1.807) is 19.5 Å². The van der Waals surface area contributed by atoms with E-state index < -0.39 is 0 Å². The van der Waals surface area contributed by atoms with Crippen LogP contribution in [-0.2, 0) is 0 Å². The number of ether oxygens (including phenoxy) is 1. The first-order valence-corrected chi connectivity index (χ1v) is 8.83. The highest BCUT2D eigenvalue weighted by Crippen LogP contribution is 2.31. The number of hydrogen-bond donors (Lipinski definition) is 1. The minimum Gasteiger partial charge on any atom is -0.497 e. The second-order valence-corrected chi connectivity index (χ2v) is 6.44. The summed E-state index contributed by atoms with van der Waals surface area (Å²) in [6, 6.07) is 20.0. The van der Waals surface area contributed by atoms with Gasteiger partial charge in [0.15, 0.2) is 0 Å². The van der Waals surface area contributed by atoms with Crippen molar-refractivity contribution in [3.05, 3.63) is 73.1 Å². The molecule has 0 aliphatic rings. The molecule has 1 unspecified atom stereocenters. The standard InChI is InChI=1S/C21H18N3OP/c1-25-16-6-4-5-14(13-16)19-21(26)20(23-15-9-11-22-12-10-15)17-7-2-3-8-18(17)24-19/h2-13H,26H2,1H3,(H,22,23,24). The van der Waals surface area contributed by atoms with Gasteiger partial charge in [-0.05, 0) is 30.3 Å². The van der Waals surface area contributed by atoms with Gasteiger partial charge < -0.3 is 10.1 Å². The first kappa shape index (κ1) is 16.5. The second kappa shape index (κ2) is 7.11. The third kappa shape index (κ3) is 3.12. The van der Waals surface area contributed by atoms with E-state index in [1.165, 1.54) is 0 Å². The SMILES string of the molecule is COc1cccc(-c2nc3ccccc3c(Nc3ccncc3)c2P)c1. The molecule has 0 spiro atoms. The zero-order valence-electron chi connectivity index (χ0n) is 14.3. The van der Waals surface area contributed by atoms with Gasteiger partial charge in [0.2, 0.25) is 0 Å². The zero-order chi connectivity index (χ0) is 17.9. The van der Waals surface area contributed by atoms with Gasteiger partial charge in [-0.2, -0.15) is 0 Å². The number of anilines is 2. The van der Waals surface area contributed by atoms with Crippen molar-refractivity contribution in [2.24, 2.45) is 0 Å². The normalized spacial score (nSPS) is 10.7. The Bertz CT molecular complexity index is 1070. The van der Waals surface area contributed by atoms with Crippen LogP contribution in [0.25, 0.3) is 22.2 Å². The molecule has 0 fully saturated rings. The van der Waals surface area contributed by atoms with Crippen molar-refractivity contribution >= 4 is 36.8 Å². The Morgan fingerprint density at radius 3 is 2.58 bits per heavy atom. The molecule has 4 nitrogen and oxygen atoms in total. The van der Waals surface area contributed by atoms with Crippen LogP contribution in [0.4, 0.5) is 11.4 Å². The molecule has 4 aromatic rings. The van der Waals surface area contributed by atoms with Crippen molar-refractivity contribution in [2.75, 3.05) is 12.4 Å². The Morgan fingerprint density at radius 2 is 1.77 bits per heavy atom. The Labute approximate surface area is 154 Å². The molecule has 0 bridgehead atoms. The number of nitrogens with zero attached hydrogens (tertiary/aromatic N) is 2. The molecule has 2 aromatic carbocycles. The highest BCUT2D eigenvalue weighted by Gasteiger charge is 2.14. The van der Waals surface area contributed by atoms with E-state index in [2.05, 4.69) is 25.6 Å². The molecule has 4 rings (SSSR count). The summed E-state index contributed by atoms with van der Waals surface area (Å²) in [4.78, 5) is 8.98. The molecule has 1 atom stereocenters. The molecule has 1 N–H and O–H groups in total. The summed E-state index contributed by atoms with van der Waals surface area (Å²) >= 11 is 0. The number of aromatic nitrogens is 2. The summed E-state index contributed by atoms with van der Waals surface area (Å²) in [5, 5.41) is 5.60. The van der Waals surface area contributed by atoms with Crippen molar-refractivity contribution in [3.8, 4) is 17.0 Å². The Balaban J connectivity index is 1.93. The Hall–Kier alpha value is -2.97. The minimum absolute atomic E-state index is 0.811. The Morgan fingerprint density at radius 1 is 0.962 bits per heavy atom. The van der Waals surface area contributed by atoms with Crippen LogP contribution < -0.4 is 15.4 Å². The fourth-order valence-corrected chi connectivity index (χ4v) is 3.39. The summed E-state index contributed by atoms with van der Waals surface area (Å²) in [6.07, 6.45) is 3.55. The summed E-state index contributed by atoms with van der Waals surface area (Å²) in [6.45, 7) is 0. The number of pyridine rings is 2. The smallest absolute Gasteiger partial charge is 0.119 e. The molecule has 0 aliphatic carbocycles. The van der Waals surface area contributed by atoms with Gasteiger partial charge in [0.05, 0.1) is 24.0 Å². The Kier molecular flexibility index (Phi) is 4.51. The molecule has 0 amide bonds. The average Bonchev–Trinajstić information content (AvgIpc) is 2.70. The number of para-hydroxylation sites is 1. The summed E-state index contributed by atoms with van der Waals surface area (Å²) < 4.78 is 5.37. The number of benzene rings is 2. The molecule has 26 heavy (non-hydrogen) atoms. The van der Waals surface area contributed by atoms with Crippen molar-refractivity contribution in [3.63, 3.8) is 0 Å². The van der Waals surface area contributed by atoms with Gasteiger partial charge in [0, 0.05) is 34.3 Å². The maximum Gasteiger partial charge on any atom is 0.119 e. The van der Waals surface area contributed by atoms with Crippen LogP contribution in [0.15, 0.2) is 73.1 Å². The van der Waals surface area contributed by atoms with Crippen molar-refractivity contribution < 1.29 is 4.74 Å². The maximum absolute atomic E-state index is 5.37. The van der Waals surface area contributed by atoms with Crippen LogP contribution in [0.1, 0.15) is 0 Å². The van der Waals surface area contributed by atoms with Gasteiger partial charge in [-0.15, -0.1) is 9.24 Å². The fraction of sp³-hybridized carbons (Fsp3) is 0.0476. The van der Waals surface area contributed by atoms with E-state index >= 15 is 0 Å². The van der Waals surface area contributed by atoms with Crippen LogP contribution in [0.3, 0.4) is 0 Å². The topological polar surface area (TPSA) is 47.0 Å². The van der Waals surface area contributed by atoms with Gasteiger partial charge in [-0.1, -0.05) is 30.3 Å². The van der Waals surface area contributed by atoms with Crippen molar-refractivity contribution in [2.45, 2.75) is 0 Å². The highest BCUT2D eigenvalue weighted by molar-refractivity contribution is 7.28. The molecular formula is C21H18N3OP. The summed E-state index contributed by atoms with van der Waals surface area (Å²) in [5.41, 5.74) is 4.86. The first-order chi connectivity index (χ1) is 12.8. The first-order valence-electron chi connectivity index (χ1n) is 8.26. The predicted octanol–water partition coefficient (Wildman–Crippen LogP) is 4.55. The third-order valence-corrected chi connectivity index (χ3v) is 4.79. The molecular weight excluding hydrogens is 341 g/mol. The van der Waals surface area contributed by atoms with E-state index in [9.17, 15) is 0 Å². The quantitative estimate of drug-likeness (QED) is 0.543. The molecule has 0 saturated carbocycles. The molecule has 0 aliphatic heterocycles. The molecule has 0 radical (unpaired) electrons. The number of hydrogen-bond acceptors (Lipinski definition) is 4. The van der Waals surface area contributed by atoms with Crippen LogP contribution in [0.5, 0.6) is 5.75 Å². The lowest BCUT2D eigenvalue weighted by atomic mass is 10.1.